The van der Waals surface area contributed by atoms with Crippen LogP contribution in [-0.2, 0) is 26.2 Å². The van der Waals surface area contributed by atoms with Crippen LogP contribution in [0.5, 0.6) is 0 Å². The Bertz CT molecular complexity index is 996. The molecule has 0 atom stereocenters. The summed E-state index contributed by atoms with van der Waals surface area (Å²) in [5.41, 5.74) is 0. The van der Waals surface area contributed by atoms with Gasteiger partial charge in [0.15, 0.2) is 0 Å². The molecule has 0 aliphatic heterocycles. The Morgan fingerprint density at radius 1 is 0.425 bits per heavy atom. The van der Waals surface area contributed by atoms with E-state index >= 15 is 0 Å². The van der Waals surface area contributed by atoms with E-state index in [1.54, 1.807) is 0 Å². The Hall–Kier alpha value is -0.153. The minimum atomic E-state index is -1.81. The van der Waals surface area contributed by atoms with Crippen LogP contribution in [-0.4, -0.2) is 28.0 Å². The number of hydrogen-bond donors (Lipinski definition) is 0. The molecule has 0 amide bonds. The average Bonchev–Trinajstić information content (AvgIpc) is 2.87. The molecule has 0 aliphatic carbocycles. The second-order valence-corrected chi connectivity index (χ2v) is 24.1. The molecule has 0 spiro atoms. The van der Waals surface area contributed by atoms with Crippen LogP contribution in [0.15, 0.2) is 121 Å². The molecule has 0 saturated heterocycles. The van der Waals surface area contributed by atoms with Crippen LogP contribution in [0, 0.1) is 0 Å². The van der Waals surface area contributed by atoms with Crippen LogP contribution < -0.4 is 21.2 Å². The summed E-state index contributed by atoms with van der Waals surface area (Å²) in [7, 11) is -4.34. The number of rotatable bonds is 8. The third-order valence-electron chi connectivity index (χ3n) is 5.38. The number of nitrogens with one attached hydrogen (secondary N) is 2. The van der Waals surface area contributed by atoms with E-state index in [9.17, 15) is 0 Å². The zero-order valence-electron chi connectivity index (χ0n) is 23.6. The first-order valence-electron chi connectivity index (χ1n) is 12.4. The topological polar surface area (TPSA) is 47.6 Å². The standard InChI is InChI=1S/2C15H19NPSi.3ClH.Zr/c2*1-18(2,16)13-17(14-9-5-3-6-10-14)15-11-7-4-8-12-15;;;;/h2*3-12,16H,13H2,1-2H3;3*1H;/q2*-1;;;;+2. The Labute approximate surface area is 284 Å². The largest absolute Gasteiger partial charge is 2.00 e. The molecule has 0 heterocycles. The fraction of sp³-hybridized carbons (Fsp3) is 0.200. The van der Waals surface area contributed by atoms with Crippen LogP contribution in [0.2, 0.25) is 26.2 Å². The van der Waals surface area contributed by atoms with Crippen molar-refractivity contribution >= 4 is 90.8 Å². The molecule has 0 radical (unpaired) electrons. The molecule has 40 heavy (non-hydrogen) atoms. The Morgan fingerprint density at radius 2 is 0.600 bits per heavy atom. The number of benzene rings is 4. The second kappa shape index (κ2) is 20.7. The minimum absolute atomic E-state index is 0. The van der Waals surface area contributed by atoms with Crippen molar-refractivity contribution in [3.8, 4) is 0 Å². The molecule has 4 aromatic carbocycles. The SMILES string of the molecule is C[Si](C)([NH-])CP(c1ccccc1)c1ccccc1.C[Si](C)([NH-])CP(c1ccccc1)c1ccccc1.Cl.Cl.Cl.[Zr+2]. The molecule has 0 saturated carbocycles. The first-order chi connectivity index (χ1) is 17.1. The summed E-state index contributed by atoms with van der Waals surface area (Å²) >= 11 is 0. The molecule has 4 rings (SSSR count). The van der Waals surface area contributed by atoms with Gasteiger partial charge in [-0.25, -0.2) is 0 Å². The molecule has 4 aromatic rings. The normalized spacial score (nSPS) is 10.6. The van der Waals surface area contributed by atoms with Gasteiger partial charge in [-0.3, -0.25) is 0 Å². The van der Waals surface area contributed by atoms with E-state index in [0.29, 0.717) is 0 Å². The maximum atomic E-state index is 8.32. The monoisotopic (exact) mass is 742 g/mol. The summed E-state index contributed by atoms with van der Waals surface area (Å²) in [5.74, 6) is 2.08. The third kappa shape index (κ3) is 15.4. The Kier molecular flexibility index (Phi) is 21.7. The summed E-state index contributed by atoms with van der Waals surface area (Å²) in [6, 6.07) is 42.7. The van der Waals surface area contributed by atoms with E-state index in [2.05, 4.69) is 148 Å². The van der Waals surface area contributed by atoms with E-state index in [0.717, 1.165) is 11.6 Å². The van der Waals surface area contributed by atoms with E-state index in [4.69, 9.17) is 10.8 Å². The van der Waals surface area contributed by atoms with Crippen LogP contribution in [0.25, 0.3) is 10.8 Å². The van der Waals surface area contributed by atoms with Crippen molar-refractivity contribution in [2.24, 2.45) is 0 Å². The summed E-state index contributed by atoms with van der Waals surface area (Å²) in [6.07, 6.45) is 0. The second-order valence-electron chi connectivity index (χ2n) is 10.3. The first kappa shape index (κ1) is 42.0. The molecule has 2 nitrogen and oxygen atoms in total. The van der Waals surface area contributed by atoms with Gasteiger partial charge in [0.05, 0.1) is 0 Å². The number of halogens is 3. The van der Waals surface area contributed by atoms with Crippen molar-refractivity contribution in [1.29, 1.82) is 0 Å². The van der Waals surface area contributed by atoms with Gasteiger partial charge in [-0.1, -0.05) is 164 Å². The molecule has 0 aromatic heterocycles. The van der Waals surface area contributed by atoms with Crippen LogP contribution in [0.4, 0.5) is 0 Å². The Balaban J connectivity index is 0. The van der Waals surface area contributed by atoms with Crippen molar-refractivity contribution < 1.29 is 26.2 Å². The number of hydrogen-bond acceptors (Lipinski definition) is 0. The molecule has 0 fully saturated rings. The van der Waals surface area contributed by atoms with Crippen LogP contribution in [0.3, 0.4) is 0 Å². The van der Waals surface area contributed by atoms with Gasteiger partial charge in [0.25, 0.3) is 0 Å². The van der Waals surface area contributed by atoms with Gasteiger partial charge in [0.1, 0.15) is 0 Å². The maximum absolute atomic E-state index is 8.32. The van der Waals surface area contributed by atoms with Crippen LogP contribution >= 0.6 is 53.1 Å². The van der Waals surface area contributed by atoms with E-state index in [1.165, 1.54) is 21.2 Å². The molecule has 2 N–H and O–H groups in total. The zero-order valence-corrected chi connectivity index (χ0v) is 32.3. The van der Waals surface area contributed by atoms with Crippen molar-refractivity contribution in [3.05, 3.63) is 132 Å². The first-order valence-corrected chi connectivity index (χ1v) is 21.8. The molecular formula is C30H41Cl3N2P2Si2Zr. The average molecular weight is 745 g/mol. The van der Waals surface area contributed by atoms with Gasteiger partial charge in [0, 0.05) is 0 Å². The fourth-order valence-electron chi connectivity index (χ4n) is 3.89. The third-order valence-corrected chi connectivity index (χ3v) is 17.9. The summed E-state index contributed by atoms with van der Waals surface area (Å²) in [6.45, 7) is 8.53. The molecule has 10 heteroatoms. The summed E-state index contributed by atoms with van der Waals surface area (Å²) in [5, 5.41) is 22.2. The van der Waals surface area contributed by atoms with E-state index < -0.39 is 16.5 Å². The van der Waals surface area contributed by atoms with Gasteiger partial charge in [-0.2, -0.15) is 0 Å². The van der Waals surface area contributed by atoms with Crippen molar-refractivity contribution in [2.45, 2.75) is 26.2 Å². The molecule has 0 unspecified atom stereocenters. The van der Waals surface area contributed by atoms with Crippen molar-refractivity contribution in [2.75, 3.05) is 11.6 Å². The quantitative estimate of drug-likeness (QED) is 0.128. The van der Waals surface area contributed by atoms with Gasteiger partial charge in [-0.15, -0.1) is 37.2 Å². The van der Waals surface area contributed by atoms with Crippen molar-refractivity contribution in [3.63, 3.8) is 0 Å². The maximum Gasteiger partial charge on any atom is 2.00 e. The Morgan fingerprint density at radius 3 is 0.750 bits per heavy atom. The molecule has 0 bridgehead atoms. The van der Waals surface area contributed by atoms with E-state index in [-0.39, 0.29) is 79.3 Å². The molecule has 0 aliphatic rings. The fourth-order valence-corrected chi connectivity index (χ4v) is 15.9. The van der Waals surface area contributed by atoms with Crippen LogP contribution in [0.1, 0.15) is 0 Å². The molecular weight excluding hydrogens is 704 g/mol. The zero-order chi connectivity index (χ0) is 26.0. The molecule has 214 valence electrons. The van der Waals surface area contributed by atoms with Gasteiger partial charge in [-0.05, 0) is 48.6 Å². The van der Waals surface area contributed by atoms with Crippen molar-refractivity contribution in [1.82, 2.24) is 0 Å². The van der Waals surface area contributed by atoms with E-state index in [1.807, 2.05) is 0 Å². The predicted molar refractivity (Wildman–Crippen MR) is 193 cm³/mol. The smallest absolute Gasteiger partial charge is 0.680 e. The van der Waals surface area contributed by atoms with Gasteiger partial charge in [0.2, 0.25) is 0 Å². The predicted octanol–water partition coefficient (Wildman–Crippen LogP) is 9.09. The minimum Gasteiger partial charge on any atom is -0.680 e. The van der Waals surface area contributed by atoms with Gasteiger partial charge < -0.3 is 10.8 Å². The van der Waals surface area contributed by atoms with Gasteiger partial charge >= 0.3 is 26.2 Å². The summed E-state index contributed by atoms with van der Waals surface area (Å²) in [4.78, 5) is 0. The summed E-state index contributed by atoms with van der Waals surface area (Å²) < 4.78 is 0.